The molecule has 0 atom stereocenters. The first-order valence-corrected chi connectivity index (χ1v) is 7.95. The molecular weight excluding hydrogens is 342 g/mol. The van der Waals surface area contributed by atoms with Crippen LogP contribution >= 0.6 is 15.9 Å². The number of halogens is 1. The van der Waals surface area contributed by atoms with Crippen molar-refractivity contribution in [3.05, 3.63) is 82.0 Å². The number of allylic oxidation sites excluding steroid dienone is 1. The molecule has 0 saturated heterocycles. The molecule has 0 saturated carbocycles. The van der Waals surface area contributed by atoms with Crippen molar-refractivity contribution >= 4 is 27.7 Å². The third-order valence-electron chi connectivity index (χ3n) is 3.72. The van der Waals surface area contributed by atoms with Crippen LogP contribution in [0.3, 0.4) is 0 Å². The zero-order chi connectivity index (χ0) is 15.5. The van der Waals surface area contributed by atoms with Crippen LogP contribution in [0.4, 0.5) is 0 Å². The van der Waals surface area contributed by atoms with Crippen molar-refractivity contribution in [2.24, 2.45) is 0 Å². The standard InChI is InChI=1S/C18H14BrNO2/c19-12-14(11-10-13-6-2-1-3-7-13)20-17(21)15-8-4-5-9-16(15)18(20)22/h1-9,12H,10-11H2/b14-12-. The number of benzene rings is 2. The van der Waals surface area contributed by atoms with Gasteiger partial charge in [0.1, 0.15) is 0 Å². The van der Waals surface area contributed by atoms with Crippen LogP contribution in [0.25, 0.3) is 0 Å². The lowest BCUT2D eigenvalue weighted by atomic mass is 10.1. The molecule has 22 heavy (non-hydrogen) atoms. The molecule has 0 spiro atoms. The fraction of sp³-hybridized carbons (Fsp3) is 0.111. The first kappa shape index (κ1) is 14.7. The summed E-state index contributed by atoms with van der Waals surface area (Å²) in [6.45, 7) is 0. The molecule has 3 rings (SSSR count). The average molecular weight is 356 g/mol. The summed E-state index contributed by atoms with van der Waals surface area (Å²) in [5, 5.41) is 0. The van der Waals surface area contributed by atoms with E-state index < -0.39 is 0 Å². The summed E-state index contributed by atoms with van der Waals surface area (Å²) < 4.78 is 0. The molecule has 2 amide bonds. The van der Waals surface area contributed by atoms with Crippen molar-refractivity contribution in [2.45, 2.75) is 12.8 Å². The summed E-state index contributed by atoms with van der Waals surface area (Å²) in [6, 6.07) is 16.9. The summed E-state index contributed by atoms with van der Waals surface area (Å²) in [4.78, 5) is 27.9. The minimum Gasteiger partial charge on any atom is -0.268 e. The molecule has 4 heteroatoms. The molecule has 1 aliphatic rings. The van der Waals surface area contributed by atoms with Crippen molar-refractivity contribution in [2.75, 3.05) is 0 Å². The topological polar surface area (TPSA) is 37.4 Å². The van der Waals surface area contributed by atoms with E-state index in [-0.39, 0.29) is 11.8 Å². The molecule has 0 radical (unpaired) electrons. The molecule has 1 aliphatic heterocycles. The van der Waals surface area contributed by atoms with Crippen LogP contribution in [0.1, 0.15) is 32.7 Å². The minimum absolute atomic E-state index is 0.251. The maximum Gasteiger partial charge on any atom is 0.265 e. The van der Waals surface area contributed by atoms with Gasteiger partial charge in [-0.2, -0.15) is 0 Å². The van der Waals surface area contributed by atoms with E-state index >= 15 is 0 Å². The van der Waals surface area contributed by atoms with Gasteiger partial charge in [-0.05, 0) is 30.5 Å². The lowest BCUT2D eigenvalue weighted by molar-refractivity contribution is 0.0700. The highest BCUT2D eigenvalue weighted by molar-refractivity contribution is 9.11. The van der Waals surface area contributed by atoms with Crippen LogP contribution < -0.4 is 0 Å². The Bertz CT molecular complexity index is 718. The number of carbonyl (C=O) groups excluding carboxylic acids is 2. The second kappa shape index (κ2) is 6.28. The van der Waals surface area contributed by atoms with Crippen molar-refractivity contribution in [3.8, 4) is 0 Å². The van der Waals surface area contributed by atoms with E-state index in [0.717, 1.165) is 6.42 Å². The summed E-state index contributed by atoms with van der Waals surface area (Å²) >= 11 is 3.29. The van der Waals surface area contributed by atoms with Crippen LogP contribution in [0.2, 0.25) is 0 Å². The van der Waals surface area contributed by atoms with Gasteiger partial charge in [0.05, 0.1) is 11.1 Å². The Morgan fingerprint density at radius 1 is 0.909 bits per heavy atom. The van der Waals surface area contributed by atoms with Crippen molar-refractivity contribution in [3.63, 3.8) is 0 Å². The van der Waals surface area contributed by atoms with Crippen LogP contribution in [-0.4, -0.2) is 16.7 Å². The normalized spacial score (nSPS) is 14.4. The van der Waals surface area contributed by atoms with Gasteiger partial charge in [0.2, 0.25) is 0 Å². The predicted octanol–water partition coefficient (Wildman–Crippen LogP) is 4.15. The molecule has 2 aromatic carbocycles. The lowest BCUT2D eigenvalue weighted by Crippen LogP contribution is -2.29. The van der Waals surface area contributed by atoms with Crippen molar-refractivity contribution in [1.29, 1.82) is 0 Å². The Balaban J connectivity index is 1.81. The van der Waals surface area contributed by atoms with E-state index in [9.17, 15) is 9.59 Å². The van der Waals surface area contributed by atoms with Gasteiger partial charge in [0.15, 0.2) is 0 Å². The Kier molecular flexibility index (Phi) is 4.20. The number of carbonyl (C=O) groups is 2. The second-order valence-corrected chi connectivity index (χ2v) is 5.54. The SMILES string of the molecule is O=C1c2ccccc2C(=O)N1/C(=C\Br)CCc1ccccc1. The highest BCUT2D eigenvalue weighted by Gasteiger charge is 2.36. The number of rotatable bonds is 4. The second-order valence-electron chi connectivity index (χ2n) is 5.08. The van der Waals surface area contributed by atoms with Gasteiger partial charge in [0, 0.05) is 10.7 Å². The molecule has 0 N–H and O–H groups in total. The zero-order valence-corrected chi connectivity index (χ0v) is 13.4. The van der Waals surface area contributed by atoms with E-state index in [0.29, 0.717) is 23.2 Å². The van der Waals surface area contributed by atoms with E-state index in [1.807, 2.05) is 30.3 Å². The summed E-state index contributed by atoms with van der Waals surface area (Å²) in [5.41, 5.74) is 2.79. The molecule has 0 bridgehead atoms. The molecule has 0 fully saturated rings. The number of aryl methyl sites for hydroxylation is 1. The summed E-state index contributed by atoms with van der Waals surface area (Å²) in [7, 11) is 0. The van der Waals surface area contributed by atoms with Gasteiger partial charge < -0.3 is 0 Å². The monoisotopic (exact) mass is 355 g/mol. The molecular formula is C18H14BrNO2. The van der Waals surface area contributed by atoms with Crippen LogP contribution in [0, 0.1) is 0 Å². The average Bonchev–Trinajstić information content (AvgIpc) is 2.82. The Hall–Kier alpha value is -2.20. The largest absolute Gasteiger partial charge is 0.268 e. The maximum absolute atomic E-state index is 12.5. The molecule has 0 unspecified atom stereocenters. The van der Waals surface area contributed by atoms with Crippen LogP contribution in [0.5, 0.6) is 0 Å². The number of hydrogen-bond donors (Lipinski definition) is 0. The third-order valence-corrected chi connectivity index (χ3v) is 4.25. The lowest BCUT2D eigenvalue weighted by Gasteiger charge is -2.17. The molecule has 0 aromatic heterocycles. The Morgan fingerprint density at radius 2 is 1.45 bits per heavy atom. The van der Waals surface area contributed by atoms with E-state index in [1.54, 1.807) is 29.3 Å². The predicted molar refractivity (Wildman–Crippen MR) is 88.7 cm³/mol. The molecule has 110 valence electrons. The fourth-order valence-corrected chi connectivity index (χ4v) is 3.02. The highest BCUT2D eigenvalue weighted by atomic mass is 79.9. The number of imide groups is 1. The Morgan fingerprint density at radius 3 is 2.00 bits per heavy atom. The van der Waals surface area contributed by atoms with Crippen LogP contribution in [0.15, 0.2) is 65.3 Å². The fourth-order valence-electron chi connectivity index (χ4n) is 2.58. The Labute approximate surface area is 137 Å². The number of hydrogen-bond acceptors (Lipinski definition) is 2. The first-order valence-electron chi connectivity index (χ1n) is 7.03. The zero-order valence-electron chi connectivity index (χ0n) is 11.8. The van der Waals surface area contributed by atoms with Gasteiger partial charge in [0.25, 0.3) is 11.8 Å². The molecule has 0 aliphatic carbocycles. The van der Waals surface area contributed by atoms with E-state index in [4.69, 9.17) is 0 Å². The van der Waals surface area contributed by atoms with Gasteiger partial charge in [-0.15, -0.1) is 0 Å². The highest BCUT2D eigenvalue weighted by Crippen LogP contribution is 2.28. The van der Waals surface area contributed by atoms with E-state index in [2.05, 4.69) is 15.9 Å². The van der Waals surface area contributed by atoms with Gasteiger partial charge in [-0.1, -0.05) is 58.4 Å². The van der Waals surface area contributed by atoms with E-state index in [1.165, 1.54) is 10.5 Å². The molecule has 3 nitrogen and oxygen atoms in total. The molecule has 2 aromatic rings. The van der Waals surface area contributed by atoms with Crippen LogP contribution in [-0.2, 0) is 6.42 Å². The quantitative estimate of drug-likeness (QED) is 0.772. The van der Waals surface area contributed by atoms with Gasteiger partial charge in [-0.3, -0.25) is 9.59 Å². The van der Waals surface area contributed by atoms with Gasteiger partial charge >= 0.3 is 0 Å². The van der Waals surface area contributed by atoms with Crippen molar-refractivity contribution < 1.29 is 9.59 Å². The first-order chi connectivity index (χ1) is 10.7. The molecule has 1 heterocycles. The van der Waals surface area contributed by atoms with Gasteiger partial charge in [-0.25, -0.2) is 4.90 Å². The number of amides is 2. The number of nitrogens with zero attached hydrogens (tertiary/aromatic N) is 1. The summed E-state index contributed by atoms with van der Waals surface area (Å²) in [5.74, 6) is -0.501. The summed E-state index contributed by atoms with van der Waals surface area (Å²) in [6.07, 6.45) is 1.38. The third kappa shape index (κ3) is 2.62. The van der Waals surface area contributed by atoms with Crippen molar-refractivity contribution in [1.82, 2.24) is 4.90 Å². The maximum atomic E-state index is 12.5. The number of fused-ring (bicyclic) bond motifs is 1. The smallest absolute Gasteiger partial charge is 0.265 e. The minimum atomic E-state index is -0.251.